The number of ketones is 1. The van der Waals surface area contributed by atoms with Gasteiger partial charge in [0.05, 0.1) is 11.4 Å². The molecular formula is C17H14F2N2O3. The third kappa shape index (κ3) is 4.01. The highest BCUT2D eigenvalue weighted by molar-refractivity contribution is 6.07. The Labute approximate surface area is 136 Å². The fraction of sp³-hybridized carbons (Fsp3) is 0.118. The van der Waals surface area contributed by atoms with Crippen LogP contribution in [0.2, 0.25) is 0 Å². The second-order valence-electron chi connectivity index (χ2n) is 5.08. The van der Waals surface area contributed by atoms with Crippen molar-refractivity contribution in [2.24, 2.45) is 0 Å². The van der Waals surface area contributed by atoms with E-state index in [2.05, 4.69) is 10.6 Å². The van der Waals surface area contributed by atoms with E-state index in [9.17, 15) is 23.2 Å². The number of carbonyl (C=O) groups is 3. The molecule has 0 bridgehead atoms. The molecule has 0 fully saturated rings. The number of hydrogen-bond acceptors (Lipinski definition) is 3. The molecule has 5 nitrogen and oxygen atoms in total. The summed E-state index contributed by atoms with van der Waals surface area (Å²) in [5, 5.41) is 4.72. The molecule has 0 aliphatic carbocycles. The SMILES string of the molecule is CC(=O)Nc1cc(F)c(F)cc1NC(=O)c1ccc(C(C)=O)cc1. The Morgan fingerprint density at radius 1 is 0.792 bits per heavy atom. The molecule has 0 unspecified atom stereocenters. The first-order valence-corrected chi connectivity index (χ1v) is 6.97. The summed E-state index contributed by atoms with van der Waals surface area (Å²) in [7, 11) is 0. The first-order valence-electron chi connectivity index (χ1n) is 6.97. The Kier molecular flexibility index (Phi) is 5.03. The molecule has 0 saturated carbocycles. The minimum atomic E-state index is -1.16. The van der Waals surface area contributed by atoms with Crippen molar-refractivity contribution in [3.63, 3.8) is 0 Å². The minimum absolute atomic E-state index is 0.0601. The summed E-state index contributed by atoms with van der Waals surface area (Å²) < 4.78 is 26.7. The molecular weight excluding hydrogens is 318 g/mol. The number of anilines is 2. The van der Waals surface area contributed by atoms with Gasteiger partial charge in [0.15, 0.2) is 17.4 Å². The fourth-order valence-electron chi connectivity index (χ4n) is 1.99. The summed E-state index contributed by atoms with van der Waals surface area (Å²) in [5.74, 6) is -3.55. The monoisotopic (exact) mass is 332 g/mol. The fourth-order valence-corrected chi connectivity index (χ4v) is 1.99. The van der Waals surface area contributed by atoms with Gasteiger partial charge >= 0.3 is 0 Å². The topological polar surface area (TPSA) is 75.3 Å². The third-order valence-corrected chi connectivity index (χ3v) is 3.17. The van der Waals surface area contributed by atoms with Gasteiger partial charge in [-0.1, -0.05) is 12.1 Å². The van der Waals surface area contributed by atoms with Gasteiger partial charge in [-0.15, -0.1) is 0 Å². The predicted octanol–water partition coefficient (Wildman–Crippen LogP) is 3.38. The number of hydrogen-bond donors (Lipinski definition) is 2. The van der Waals surface area contributed by atoms with E-state index in [0.29, 0.717) is 5.56 Å². The molecule has 0 aliphatic rings. The maximum absolute atomic E-state index is 13.4. The number of Topliss-reactive ketones (excluding diaryl/α,β-unsaturated/α-hetero) is 1. The summed E-state index contributed by atoms with van der Waals surface area (Å²) in [5.41, 5.74) is 0.525. The lowest BCUT2D eigenvalue weighted by atomic mass is 10.1. The Balaban J connectivity index is 2.29. The molecule has 0 spiro atoms. The van der Waals surface area contributed by atoms with Crippen LogP contribution in [0.1, 0.15) is 34.6 Å². The highest BCUT2D eigenvalue weighted by Crippen LogP contribution is 2.26. The Bertz CT molecular complexity index is 817. The van der Waals surface area contributed by atoms with Crippen LogP contribution in [0.3, 0.4) is 0 Å². The number of benzene rings is 2. The van der Waals surface area contributed by atoms with Crippen LogP contribution in [0.5, 0.6) is 0 Å². The van der Waals surface area contributed by atoms with Crippen LogP contribution in [-0.2, 0) is 4.79 Å². The molecule has 0 radical (unpaired) electrons. The van der Waals surface area contributed by atoms with Crippen LogP contribution < -0.4 is 10.6 Å². The second kappa shape index (κ2) is 6.99. The number of amides is 2. The van der Waals surface area contributed by atoms with Crippen LogP contribution >= 0.6 is 0 Å². The van der Waals surface area contributed by atoms with E-state index in [-0.39, 0.29) is 22.7 Å². The molecule has 2 N–H and O–H groups in total. The van der Waals surface area contributed by atoms with Crippen molar-refractivity contribution in [1.82, 2.24) is 0 Å². The average Bonchev–Trinajstić information content (AvgIpc) is 2.51. The lowest BCUT2D eigenvalue weighted by Gasteiger charge is -2.12. The zero-order valence-corrected chi connectivity index (χ0v) is 12.9. The molecule has 24 heavy (non-hydrogen) atoms. The first-order chi connectivity index (χ1) is 11.3. The quantitative estimate of drug-likeness (QED) is 0.843. The zero-order chi connectivity index (χ0) is 17.9. The van der Waals surface area contributed by atoms with Crippen LogP contribution in [0.4, 0.5) is 20.2 Å². The van der Waals surface area contributed by atoms with Gasteiger partial charge in [-0.2, -0.15) is 0 Å². The summed E-state index contributed by atoms with van der Waals surface area (Å²) >= 11 is 0. The summed E-state index contributed by atoms with van der Waals surface area (Å²) in [6.45, 7) is 2.60. The minimum Gasteiger partial charge on any atom is -0.324 e. The number of halogens is 2. The highest BCUT2D eigenvalue weighted by Gasteiger charge is 2.14. The largest absolute Gasteiger partial charge is 0.324 e. The van der Waals surface area contributed by atoms with Crippen LogP contribution in [-0.4, -0.2) is 17.6 Å². The highest BCUT2D eigenvalue weighted by atomic mass is 19.2. The normalized spacial score (nSPS) is 10.2. The molecule has 0 heterocycles. The zero-order valence-electron chi connectivity index (χ0n) is 12.9. The van der Waals surface area contributed by atoms with Crippen LogP contribution in [0.15, 0.2) is 36.4 Å². The maximum atomic E-state index is 13.4. The standard InChI is InChI=1S/C17H14F2N2O3/c1-9(22)11-3-5-12(6-4-11)17(24)21-16-8-14(19)13(18)7-15(16)20-10(2)23/h3-8H,1-2H3,(H,20,23)(H,21,24). The summed E-state index contributed by atoms with van der Waals surface area (Å²) in [4.78, 5) is 34.6. The molecule has 0 aromatic heterocycles. The van der Waals surface area contributed by atoms with Gasteiger partial charge in [0.25, 0.3) is 5.91 Å². The van der Waals surface area contributed by atoms with Crippen molar-refractivity contribution in [2.75, 3.05) is 10.6 Å². The van der Waals surface area contributed by atoms with Crippen molar-refractivity contribution in [1.29, 1.82) is 0 Å². The first kappa shape index (κ1) is 17.3. The smallest absolute Gasteiger partial charge is 0.255 e. The van der Waals surface area contributed by atoms with E-state index in [0.717, 1.165) is 12.1 Å². The van der Waals surface area contributed by atoms with E-state index in [1.807, 2.05) is 0 Å². The lowest BCUT2D eigenvalue weighted by molar-refractivity contribution is -0.114. The van der Waals surface area contributed by atoms with Crippen molar-refractivity contribution < 1.29 is 23.2 Å². The van der Waals surface area contributed by atoms with E-state index in [1.165, 1.54) is 38.1 Å². The Hall–Kier alpha value is -3.09. The predicted molar refractivity (Wildman–Crippen MR) is 85.1 cm³/mol. The van der Waals surface area contributed by atoms with Gasteiger partial charge in [0, 0.05) is 30.2 Å². The van der Waals surface area contributed by atoms with Crippen LogP contribution in [0.25, 0.3) is 0 Å². The molecule has 124 valence electrons. The molecule has 2 aromatic carbocycles. The van der Waals surface area contributed by atoms with Gasteiger partial charge < -0.3 is 10.6 Å². The maximum Gasteiger partial charge on any atom is 0.255 e. The summed E-state index contributed by atoms with van der Waals surface area (Å²) in [6.07, 6.45) is 0. The third-order valence-electron chi connectivity index (χ3n) is 3.17. The van der Waals surface area contributed by atoms with E-state index in [4.69, 9.17) is 0 Å². The molecule has 2 aromatic rings. The second-order valence-corrected chi connectivity index (χ2v) is 5.08. The molecule has 0 saturated heterocycles. The molecule has 0 aliphatic heterocycles. The van der Waals surface area contributed by atoms with Crippen molar-refractivity contribution in [3.8, 4) is 0 Å². The Morgan fingerprint density at radius 2 is 1.25 bits per heavy atom. The van der Waals surface area contributed by atoms with Gasteiger partial charge in [-0.05, 0) is 19.1 Å². The van der Waals surface area contributed by atoms with Crippen molar-refractivity contribution in [3.05, 3.63) is 59.2 Å². The average molecular weight is 332 g/mol. The van der Waals surface area contributed by atoms with Gasteiger partial charge in [0.1, 0.15) is 0 Å². The van der Waals surface area contributed by atoms with Crippen molar-refractivity contribution in [2.45, 2.75) is 13.8 Å². The molecule has 2 amide bonds. The van der Waals surface area contributed by atoms with E-state index >= 15 is 0 Å². The lowest BCUT2D eigenvalue weighted by Crippen LogP contribution is -2.16. The van der Waals surface area contributed by atoms with Crippen LogP contribution in [0, 0.1) is 11.6 Å². The van der Waals surface area contributed by atoms with E-state index < -0.39 is 23.4 Å². The summed E-state index contributed by atoms with van der Waals surface area (Å²) in [6, 6.07) is 7.40. The number of nitrogens with one attached hydrogen (secondary N) is 2. The molecule has 0 atom stereocenters. The number of carbonyl (C=O) groups excluding carboxylic acids is 3. The van der Waals surface area contributed by atoms with E-state index in [1.54, 1.807) is 0 Å². The molecule has 2 rings (SSSR count). The van der Waals surface area contributed by atoms with Gasteiger partial charge in [0.2, 0.25) is 5.91 Å². The molecule has 7 heteroatoms. The number of rotatable bonds is 4. The van der Waals surface area contributed by atoms with Gasteiger partial charge in [-0.3, -0.25) is 14.4 Å². The van der Waals surface area contributed by atoms with Gasteiger partial charge in [-0.25, -0.2) is 8.78 Å². The Morgan fingerprint density at radius 3 is 1.71 bits per heavy atom. The van der Waals surface area contributed by atoms with Crippen molar-refractivity contribution >= 4 is 29.0 Å².